The molecule has 1 aromatic rings. The number of nitrogens with zero attached hydrogens (tertiary/aromatic N) is 2. The summed E-state index contributed by atoms with van der Waals surface area (Å²) in [6.45, 7) is 5.90. The van der Waals surface area contributed by atoms with Gasteiger partial charge in [0.25, 0.3) is 0 Å². The second kappa shape index (κ2) is 6.07. The van der Waals surface area contributed by atoms with Crippen molar-refractivity contribution in [2.45, 2.75) is 38.3 Å². The van der Waals surface area contributed by atoms with Crippen molar-refractivity contribution >= 4 is 0 Å². The second-order valence-corrected chi connectivity index (χ2v) is 5.69. The number of rotatable bonds is 3. The van der Waals surface area contributed by atoms with E-state index in [0.717, 1.165) is 58.7 Å². The lowest BCUT2D eigenvalue weighted by atomic mass is 10.1. The third-order valence-corrected chi connectivity index (χ3v) is 4.31. The van der Waals surface area contributed by atoms with Gasteiger partial charge in [0.15, 0.2) is 0 Å². The molecule has 1 atom stereocenters. The summed E-state index contributed by atoms with van der Waals surface area (Å²) in [5, 5.41) is 10.1. The predicted molar refractivity (Wildman–Crippen MR) is 74.2 cm³/mol. The van der Waals surface area contributed by atoms with Gasteiger partial charge in [-0.15, -0.1) is 0 Å². The van der Waals surface area contributed by atoms with E-state index in [4.69, 9.17) is 4.74 Å². The lowest BCUT2D eigenvalue weighted by Crippen LogP contribution is -2.38. The molecule has 1 N–H and O–H groups in total. The SMILES string of the molecule is OC1CCCCc2cn(CCN3CCOCC3)cc21. The summed E-state index contributed by atoms with van der Waals surface area (Å²) >= 11 is 0. The number of ether oxygens (including phenoxy) is 1. The Morgan fingerprint density at radius 3 is 2.84 bits per heavy atom. The Morgan fingerprint density at radius 1 is 1.16 bits per heavy atom. The molecule has 1 fully saturated rings. The first-order valence-electron chi connectivity index (χ1n) is 7.49. The Hall–Kier alpha value is -0.840. The van der Waals surface area contributed by atoms with Crippen molar-refractivity contribution in [1.29, 1.82) is 0 Å². The van der Waals surface area contributed by atoms with E-state index in [2.05, 4.69) is 21.9 Å². The molecule has 2 heterocycles. The number of aliphatic hydroxyl groups is 1. The first-order valence-corrected chi connectivity index (χ1v) is 7.49. The van der Waals surface area contributed by atoms with E-state index in [-0.39, 0.29) is 6.10 Å². The fourth-order valence-corrected chi connectivity index (χ4v) is 3.10. The molecular formula is C15H24N2O2. The number of aromatic nitrogens is 1. The van der Waals surface area contributed by atoms with Crippen LogP contribution in [0.4, 0.5) is 0 Å². The van der Waals surface area contributed by atoms with Crippen LogP contribution in [0, 0.1) is 0 Å². The van der Waals surface area contributed by atoms with Gasteiger partial charge in [-0.2, -0.15) is 0 Å². The summed E-state index contributed by atoms with van der Waals surface area (Å²) in [5.74, 6) is 0. The van der Waals surface area contributed by atoms with Crippen LogP contribution >= 0.6 is 0 Å². The smallest absolute Gasteiger partial charge is 0.0807 e. The van der Waals surface area contributed by atoms with Crippen molar-refractivity contribution in [1.82, 2.24) is 9.47 Å². The molecule has 1 aliphatic carbocycles. The first-order chi connectivity index (χ1) is 9.33. The fraction of sp³-hybridized carbons (Fsp3) is 0.733. The Kier molecular flexibility index (Phi) is 4.21. The Bertz CT molecular complexity index is 410. The molecule has 4 heteroatoms. The molecule has 3 rings (SSSR count). The van der Waals surface area contributed by atoms with E-state index < -0.39 is 0 Å². The van der Waals surface area contributed by atoms with Gasteiger partial charge >= 0.3 is 0 Å². The second-order valence-electron chi connectivity index (χ2n) is 5.69. The zero-order valence-corrected chi connectivity index (χ0v) is 11.6. The van der Waals surface area contributed by atoms with E-state index in [1.54, 1.807) is 0 Å². The third kappa shape index (κ3) is 3.19. The van der Waals surface area contributed by atoms with Gasteiger partial charge in [-0.1, -0.05) is 6.42 Å². The van der Waals surface area contributed by atoms with Gasteiger partial charge < -0.3 is 14.4 Å². The minimum absolute atomic E-state index is 0.248. The molecule has 1 saturated heterocycles. The Labute approximate surface area is 115 Å². The van der Waals surface area contributed by atoms with Crippen molar-refractivity contribution in [2.24, 2.45) is 0 Å². The fourth-order valence-electron chi connectivity index (χ4n) is 3.10. The molecule has 1 aliphatic heterocycles. The summed E-state index contributed by atoms with van der Waals surface area (Å²) in [4.78, 5) is 2.45. The highest BCUT2D eigenvalue weighted by Gasteiger charge is 2.18. The van der Waals surface area contributed by atoms with Gasteiger partial charge in [-0.3, -0.25) is 4.90 Å². The zero-order valence-electron chi connectivity index (χ0n) is 11.6. The molecule has 4 nitrogen and oxygen atoms in total. The van der Waals surface area contributed by atoms with Gasteiger partial charge in [0, 0.05) is 44.1 Å². The lowest BCUT2D eigenvalue weighted by Gasteiger charge is -2.26. The van der Waals surface area contributed by atoms with Crippen molar-refractivity contribution in [2.75, 3.05) is 32.8 Å². The van der Waals surface area contributed by atoms with Crippen LogP contribution in [0.2, 0.25) is 0 Å². The predicted octanol–water partition coefficient (Wildman–Crippen LogP) is 1.58. The van der Waals surface area contributed by atoms with Crippen LogP contribution < -0.4 is 0 Å². The maximum atomic E-state index is 10.1. The average molecular weight is 264 g/mol. The van der Waals surface area contributed by atoms with Gasteiger partial charge in [0.1, 0.15) is 0 Å². The number of fused-ring (bicyclic) bond motifs is 1. The summed E-state index contributed by atoms with van der Waals surface area (Å²) in [6, 6.07) is 0. The number of hydrogen-bond acceptors (Lipinski definition) is 3. The van der Waals surface area contributed by atoms with Gasteiger partial charge in [-0.25, -0.2) is 0 Å². The van der Waals surface area contributed by atoms with Gasteiger partial charge in [-0.05, 0) is 24.8 Å². The van der Waals surface area contributed by atoms with Crippen LogP contribution in [0.15, 0.2) is 12.4 Å². The lowest BCUT2D eigenvalue weighted by molar-refractivity contribution is 0.0364. The maximum absolute atomic E-state index is 10.1. The topological polar surface area (TPSA) is 37.6 Å². The number of hydrogen-bond donors (Lipinski definition) is 1. The van der Waals surface area contributed by atoms with E-state index in [9.17, 15) is 5.11 Å². The average Bonchev–Trinajstić information content (AvgIpc) is 2.78. The third-order valence-electron chi connectivity index (χ3n) is 4.31. The van der Waals surface area contributed by atoms with Crippen molar-refractivity contribution in [3.63, 3.8) is 0 Å². The van der Waals surface area contributed by atoms with E-state index in [1.165, 1.54) is 17.5 Å². The highest BCUT2D eigenvalue weighted by molar-refractivity contribution is 5.27. The Balaban J connectivity index is 1.60. The molecular weight excluding hydrogens is 240 g/mol. The number of aliphatic hydroxyl groups excluding tert-OH is 1. The van der Waals surface area contributed by atoms with Crippen molar-refractivity contribution in [3.8, 4) is 0 Å². The summed E-state index contributed by atoms with van der Waals surface area (Å²) < 4.78 is 7.62. The standard InChI is InChI=1S/C15H24N2O2/c18-15-4-2-1-3-13-11-17(12-14(13)15)6-5-16-7-9-19-10-8-16/h11-12,15,18H,1-10H2. The molecule has 2 aliphatic rings. The van der Waals surface area contributed by atoms with Crippen LogP contribution in [0.1, 0.15) is 36.5 Å². The van der Waals surface area contributed by atoms with Crippen molar-refractivity contribution < 1.29 is 9.84 Å². The molecule has 0 radical (unpaired) electrons. The van der Waals surface area contributed by atoms with Crippen LogP contribution in [-0.2, 0) is 17.7 Å². The molecule has 1 unspecified atom stereocenters. The largest absolute Gasteiger partial charge is 0.388 e. The normalized spacial score (nSPS) is 25.0. The summed E-state index contributed by atoms with van der Waals surface area (Å²) in [6.07, 6.45) is 8.54. The maximum Gasteiger partial charge on any atom is 0.0807 e. The quantitative estimate of drug-likeness (QED) is 0.842. The monoisotopic (exact) mass is 264 g/mol. The molecule has 0 spiro atoms. The van der Waals surface area contributed by atoms with E-state index in [1.807, 2.05) is 0 Å². The Morgan fingerprint density at radius 2 is 2.00 bits per heavy atom. The molecule has 0 bridgehead atoms. The van der Waals surface area contributed by atoms with Crippen molar-refractivity contribution in [3.05, 3.63) is 23.5 Å². The van der Waals surface area contributed by atoms with E-state index in [0.29, 0.717) is 0 Å². The summed E-state index contributed by atoms with van der Waals surface area (Å²) in [7, 11) is 0. The minimum atomic E-state index is -0.248. The van der Waals surface area contributed by atoms with Gasteiger partial charge in [0.05, 0.1) is 19.3 Å². The highest BCUT2D eigenvalue weighted by Crippen LogP contribution is 2.29. The van der Waals surface area contributed by atoms with Gasteiger partial charge in [0.2, 0.25) is 0 Å². The minimum Gasteiger partial charge on any atom is -0.388 e. The number of morpholine rings is 1. The molecule has 106 valence electrons. The van der Waals surface area contributed by atoms with Crippen LogP contribution in [0.5, 0.6) is 0 Å². The van der Waals surface area contributed by atoms with Crippen LogP contribution in [0.25, 0.3) is 0 Å². The highest BCUT2D eigenvalue weighted by atomic mass is 16.5. The molecule has 19 heavy (non-hydrogen) atoms. The molecule has 1 aromatic heterocycles. The first kappa shape index (κ1) is 13.2. The van der Waals surface area contributed by atoms with E-state index >= 15 is 0 Å². The molecule has 0 aromatic carbocycles. The summed E-state index contributed by atoms with van der Waals surface area (Å²) in [5.41, 5.74) is 2.52. The molecule has 0 amide bonds. The zero-order chi connectivity index (χ0) is 13.1. The van der Waals surface area contributed by atoms with Crippen LogP contribution in [-0.4, -0.2) is 47.4 Å². The number of aryl methyl sites for hydroxylation is 1. The van der Waals surface area contributed by atoms with Crippen LogP contribution in [0.3, 0.4) is 0 Å². The molecule has 0 saturated carbocycles.